The molecule has 1 saturated heterocycles. The van der Waals surface area contributed by atoms with Gasteiger partial charge in [0.05, 0.1) is 6.61 Å². The molecule has 1 aromatic rings. The lowest BCUT2D eigenvalue weighted by atomic mass is 10.1. The van der Waals surface area contributed by atoms with E-state index in [1.807, 2.05) is 4.90 Å². The van der Waals surface area contributed by atoms with E-state index in [0.29, 0.717) is 31.0 Å². The van der Waals surface area contributed by atoms with Gasteiger partial charge in [-0.1, -0.05) is 0 Å². The lowest BCUT2D eigenvalue weighted by Crippen LogP contribution is -2.45. The molecule has 7 heteroatoms. The molecule has 2 N–H and O–H groups in total. The van der Waals surface area contributed by atoms with Gasteiger partial charge in [-0.25, -0.2) is 14.8 Å². The van der Waals surface area contributed by atoms with E-state index in [4.69, 9.17) is 4.74 Å². The minimum absolute atomic E-state index is 0.0326. The van der Waals surface area contributed by atoms with E-state index < -0.39 is 0 Å². The van der Waals surface area contributed by atoms with Crippen molar-refractivity contribution in [2.24, 2.45) is 5.92 Å². The molecule has 2 amide bonds. The number of carbonyl (C=O) groups is 1. The molecule has 0 radical (unpaired) electrons. The standard InChI is InChI=1S/C15H23N5O2/c21-15(19-8-7-18-14-16-5-1-6-17-14)20(13-2-3-13)10-12-4-9-22-11-12/h1,5-6,12-13H,2-4,7-11H2,(H,19,21)(H,16,17,18)/t12-/m0/s1. The van der Waals surface area contributed by atoms with Crippen molar-refractivity contribution in [1.82, 2.24) is 20.2 Å². The van der Waals surface area contributed by atoms with Crippen molar-refractivity contribution in [2.75, 3.05) is 38.2 Å². The highest BCUT2D eigenvalue weighted by atomic mass is 16.5. The Balaban J connectivity index is 1.39. The largest absolute Gasteiger partial charge is 0.381 e. The average Bonchev–Trinajstić information content (AvgIpc) is 3.26. The van der Waals surface area contributed by atoms with Crippen molar-refractivity contribution < 1.29 is 9.53 Å². The average molecular weight is 305 g/mol. The fourth-order valence-corrected chi connectivity index (χ4v) is 2.63. The summed E-state index contributed by atoms with van der Waals surface area (Å²) in [5.41, 5.74) is 0. The van der Waals surface area contributed by atoms with Gasteiger partial charge in [0.25, 0.3) is 0 Å². The fraction of sp³-hybridized carbons (Fsp3) is 0.667. The van der Waals surface area contributed by atoms with Gasteiger partial charge in [0, 0.05) is 50.6 Å². The number of urea groups is 1. The molecule has 7 nitrogen and oxygen atoms in total. The summed E-state index contributed by atoms with van der Waals surface area (Å²) < 4.78 is 5.40. The molecular weight excluding hydrogens is 282 g/mol. The van der Waals surface area contributed by atoms with Crippen LogP contribution in [0.1, 0.15) is 19.3 Å². The van der Waals surface area contributed by atoms with Crippen molar-refractivity contribution in [3.05, 3.63) is 18.5 Å². The number of rotatable bonds is 7. The van der Waals surface area contributed by atoms with E-state index in [0.717, 1.165) is 39.0 Å². The molecular formula is C15H23N5O2. The molecule has 0 unspecified atom stereocenters. The van der Waals surface area contributed by atoms with Gasteiger partial charge in [0.15, 0.2) is 0 Å². The molecule has 22 heavy (non-hydrogen) atoms. The first kappa shape index (κ1) is 15.0. The number of aromatic nitrogens is 2. The van der Waals surface area contributed by atoms with Crippen LogP contribution in [0.3, 0.4) is 0 Å². The van der Waals surface area contributed by atoms with E-state index in [9.17, 15) is 4.79 Å². The van der Waals surface area contributed by atoms with Crippen molar-refractivity contribution in [3.63, 3.8) is 0 Å². The van der Waals surface area contributed by atoms with Gasteiger partial charge in [-0.2, -0.15) is 0 Å². The zero-order chi connectivity index (χ0) is 15.2. The third-order valence-corrected chi connectivity index (χ3v) is 3.98. The molecule has 0 aromatic carbocycles. The van der Waals surface area contributed by atoms with Gasteiger partial charge in [0.1, 0.15) is 0 Å². The van der Waals surface area contributed by atoms with Crippen LogP contribution in [-0.4, -0.2) is 59.8 Å². The summed E-state index contributed by atoms with van der Waals surface area (Å²) in [6.07, 6.45) is 6.68. The molecule has 120 valence electrons. The third kappa shape index (κ3) is 4.30. The number of hydrogen-bond donors (Lipinski definition) is 2. The maximum atomic E-state index is 12.3. The number of carbonyl (C=O) groups excluding carboxylic acids is 1. The highest BCUT2D eigenvalue weighted by Gasteiger charge is 2.34. The predicted octanol–water partition coefficient (Wildman–Crippen LogP) is 1.10. The van der Waals surface area contributed by atoms with Crippen LogP contribution < -0.4 is 10.6 Å². The predicted molar refractivity (Wildman–Crippen MR) is 82.6 cm³/mol. The third-order valence-electron chi connectivity index (χ3n) is 3.98. The second-order valence-corrected chi connectivity index (χ2v) is 5.84. The Bertz CT molecular complexity index is 474. The van der Waals surface area contributed by atoms with E-state index >= 15 is 0 Å². The number of amides is 2. The summed E-state index contributed by atoms with van der Waals surface area (Å²) in [7, 11) is 0. The molecule has 0 bridgehead atoms. The normalized spacial score (nSPS) is 20.6. The lowest BCUT2D eigenvalue weighted by molar-refractivity contribution is 0.162. The zero-order valence-corrected chi connectivity index (χ0v) is 12.7. The highest BCUT2D eigenvalue weighted by molar-refractivity contribution is 5.75. The maximum absolute atomic E-state index is 12.3. The van der Waals surface area contributed by atoms with Crippen molar-refractivity contribution in [1.29, 1.82) is 0 Å². The van der Waals surface area contributed by atoms with Crippen molar-refractivity contribution in [2.45, 2.75) is 25.3 Å². The first-order chi connectivity index (χ1) is 10.8. The molecule has 3 rings (SSSR count). The van der Waals surface area contributed by atoms with Crippen molar-refractivity contribution in [3.8, 4) is 0 Å². The van der Waals surface area contributed by atoms with Crippen LogP contribution in [0.25, 0.3) is 0 Å². The van der Waals surface area contributed by atoms with Gasteiger partial charge in [-0.3, -0.25) is 0 Å². The van der Waals surface area contributed by atoms with Crippen LogP contribution in [-0.2, 0) is 4.74 Å². The first-order valence-corrected chi connectivity index (χ1v) is 7.96. The second-order valence-electron chi connectivity index (χ2n) is 5.84. The molecule has 1 aliphatic heterocycles. The van der Waals surface area contributed by atoms with Crippen LogP contribution in [0.15, 0.2) is 18.5 Å². The van der Waals surface area contributed by atoms with Gasteiger partial charge < -0.3 is 20.3 Å². The minimum Gasteiger partial charge on any atom is -0.381 e. The second kappa shape index (κ2) is 7.40. The van der Waals surface area contributed by atoms with E-state index in [2.05, 4.69) is 20.6 Å². The minimum atomic E-state index is 0.0326. The van der Waals surface area contributed by atoms with Crippen LogP contribution in [0.4, 0.5) is 10.7 Å². The summed E-state index contributed by atoms with van der Waals surface area (Å²) in [5.74, 6) is 1.07. The zero-order valence-electron chi connectivity index (χ0n) is 12.7. The number of nitrogens with zero attached hydrogens (tertiary/aromatic N) is 3. The highest BCUT2D eigenvalue weighted by Crippen LogP contribution is 2.28. The van der Waals surface area contributed by atoms with E-state index in [-0.39, 0.29) is 6.03 Å². The fourth-order valence-electron chi connectivity index (χ4n) is 2.63. The quantitative estimate of drug-likeness (QED) is 0.738. The van der Waals surface area contributed by atoms with Gasteiger partial charge in [-0.05, 0) is 25.3 Å². The topological polar surface area (TPSA) is 79.4 Å². The lowest BCUT2D eigenvalue weighted by Gasteiger charge is -2.25. The Morgan fingerprint density at radius 1 is 1.27 bits per heavy atom. The summed E-state index contributed by atoms with van der Waals surface area (Å²) in [6.45, 7) is 3.59. The van der Waals surface area contributed by atoms with Crippen LogP contribution >= 0.6 is 0 Å². The number of hydrogen-bond acceptors (Lipinski definition) is 5. The summed E-state index contributed by atoms with van der Waals surface area (Å²) in [5, 5.41) is 6.06. The number of nitrogens with one attached hydrogen (secondary N) is 2. The van der Waals surface area contributed by atoms with E-state index in [1.165, 1.54) is 0 Å². The monoisotopic (exact) mass is 305 g/mol. The Kier molecular flexibility index (Phi) is 5.05. The Hall–Kier alpha value is -1.89. The first-order valence-electron chi connectivity index (χ1n) is 7.96. The smallest absolute Gasteiger partial charge is 0.317 e. The Labute approximate surface area is 130 Å². The summed E-state index contributed by atoms with van der Waals surface area (Å²) in [6, 6.07) is 2.23. The van der Waals surface area contributed by atoms with Gasteiger partial charge >= 0.3 is 6.03 Å². The van der Waals surface area contributed by atoms with Crippen molar-refractivity contribution >= 4 is 12.0 Å². The van der Waals surface area contributed by atoms with Crippen LogP contribution in [0.5, 0.6) is 0 Å². The van der Waals surface area contributed by atoms with Gasteiger partial charge in [0.2, 0.25) is 5.95 Å². The molecule has 1 aliphatic carbocycles. The van der Waals surface area contributed by atoms with Gasteiger partial charge in [-0.15, -0.1) is 0 Å². The van der Waals surface area contributed by atoms with Crippen LogP contribution in [0, 0.1) is 5.92 Å². The SMILES string of the molecule is O=C(NCCNc1ncccn1)N(C[C@@H]1CCOC1)C1CC1. The molecule has 2 heterocycles. The Morgan fingerprint density at radius 2 is 2.09 bits per heavy atom. The van der Waals surface area contributed by atoms with E-state index in [1.54, 1.807) is 18.5 Å². The molecule has 1 atom stereocenters. The molecule has 2 fully saturated rings. The molecule has 1 aromatic heterocycles. The van der Waals surface area contributed by atoms with Crippen LogP contribution in [0.2, 0.25) is 0 Å². The Morgan fingerprint density at radius 3 is 2.77 bits per heavy atom. The molecule has 0 spiro atoms. The molecule has 1 saturated carbocycles. The number of anilines is 1. The maximum Gasteiger partial charge on any atom is 0.317 e. The number of ether oxygens (including phenoxy) is 1. The molecule has 2 aliphatic rings. The summed E-state index contributed by atoms with van der Waals surface area (Å²) in [4.78, 5) is 22.5. The summed E-state index contributed by atoms with van der Waals surface area (Å²) >= 11 is 0.